The Bertz CT molecular complexity index is 721. The summed E-state index contributed by atoms with van der Waals surface area (Å²) < 4.78 is 0. The maximum absolute atomic E-state index is 12.4. The van der Waals surface area contributed by atoms with Crippen LogP contribution in [0.3, 0.4) is 0 Å². The number of rotatable bonds is 4. The molecule has 0 bridgehead atoms. The zero-order valence-corrected chi connectivity index (χ0v) is 13.9. The van der Waals surface area contributed by atoms with Crippen molar-refractivity contribution in [1.82, 2.24) is 5.32 Å². The number of hydrogen-bond acceptors (Lipinski definition) is 2. The van der Waals surface area contributed by atoms with Crippen molar-refractivity contribution in [3.8, 4) is 0 Å². The van der Waals surface area contributed by atoms with Gasteiger partial charge in [-0.15, -0.1) is 0 Å². The number of benzene rings is 2. The fourth-order valence-corrected chi connectivity index (χ4v) is 2.49. The van der Waals surface area contributed by atoms with Crippen LogP contribution >= 0.6 is 0 Å². The molecule has 0 aliphatic carbocycles. The van der Waals surface area contributed by atoms with Gasteiger partial charge < -0.3 is 10.6 Å². The number of hydrogen-bond donors (Lipinski definition) is 2. The first-order valence-corrected chi connectivity index (χ1v) is 7.62. The first kappa shape index (κ1) is 16.7. The van der Waals surface area contributed by atoms with E-state index < -0.39 is 0 Å². The van der Waals surface area contributed by atoms with E-state index in [0.717, 1.165) is 11.1 Å². The third kappa shape index (κ3) is 4.42. The molecule has 0 aromatic heterocycles. The summed E-state index contributed by atoms with van der Waals surface area (Å²) in [5.41, 5.74) is 4.69. The molecule has 4 nitrogen and oxygen atoms in total. The maximum Gasteiger partial charge on any atom is 0.251 e. The molecule has 0 saturated carbocycles. The average molecular weight is 310 g/mol. The number of carbonyl (C=O) groups is 2. The SMILES string of the molecule is CC(=O)Nc1ccc(C(=O)N[C@H](C)c2cc(C)ccc2C)cc1. The molecule has 2 aromatic rings. The van der Waals surface area contributed by atoms with Crippen molar-refractivity contribution in [2.75, 3.05) is 5.32 Å². The van der Waals surface area contributed by atoms with E-state index in [-0.39, 0.29) is 17.9 Å². The molecule has 2 N–H and O–H groups in total. The second-order valence-electron chi connectivity index (χ2n) is 5.81. The summed E-state index contributed by atoms with van der Waals surface area (Å²) in [6, 6.07) is 13.0. The third-order valence-corrected chi connectivity index (χ3v) is 3.72. The Morgan fingerprint density at radius 2 is 1.65 bits per heavy atom. The van der Waals surface area contributed by atoms with Gasteiger partial charge >= 0.3 is 0 Å². The first-order chi connectivity index (χ1) is 10.9. The predicted octanol–water partition coefficient (Wildman–Crippen LogP) is 3.75. The van der Waals surface area contributed by atoms with Gasteiger partial charge in [0.25, 0.3) is 5.91 Å². The molecule has 0 aliphatic heterocycles. The molecule has 120 valence electrons. The van der Waals surface area contributed by atoms with E-state index in [2.05, 4.69) is 28.8 Å². The molecule has 4 heteroatoms. The van der Waals surface area contributed by atoms with Crippen LogP contribution in [0, 0.1) is 13.8 Å². The lowest BCUT2D eigenvalue weighted by Gasteiger charge is -2.17. The molecule has 2 aromatic carbocycles. The number of amides is 2. The Labute approximate surface area is 136 Å². The summed E-state index contributed by atoms with van der Waals surface area (Å²) in [5, 5.41) is 5.70. The first-order valence-electron chi connectivity index (χ1n) is 7.62. The molecule has 0 aliphatic rings. The summed E-state index contributed by atoms with van der Waals surface area (Å²) in [6.07, 6.45) is 0. The minimum atomic E-state index is -0.134. The van der Waals surface area contributed by atoms with E-state index >= 15 is 0 Å². The zero-order chi connectivity index (χ0) is 17.0. The monoisotopic (exact) mass is 310 g/mol. The molecule has 0 fully saturated rings. The van der Waals surface area contributed by atoms with Crippen molar-refractivity contribution in [3.63, 3.8) is 0 Å². The largest absolute Gasteiger partial charge is 0.346 e. The highest BCUT2D eigenvalue weighted by Gasteiger charge is 2.13. The highest BCUT2D eigenvalue weighted by molar-refractivity contribution is 5.95. The molecular formula is C19H22N2O2. The molecule has 0 radical (unpaired) electrons. The minimum Gasteiger partial charge on any atom is -0.346 e. The van der Waals surface area contributed by atoms with Gasteiger partial charge in [0.2, 0.25) is 5.91 Å². The fraction of sp³-hybridized carbons (Fsp3) is 0.263. The topological polar surface area (TPSA) is 58.2 Å². The van der Waals surface area contributed by atoms with Crippen LogP contribution in [0.1, 0.15) is 46.9 Å². The van der Waals surface area contributed by atoms with Crippen molar-refractivity contribution < 1.29 is 9.59 Å². The van der Waals surface area contributed by atoms with Crippen LogP contribution in [-0.2, 0) is 4.79 Å². The van der Waals surface area contributed by atoms with Gasteiger partial charge in [-0.3, -0.25) is 9.59 Å². The van der Waals surface area contributed by atoms with Gasteiger partial charge in [-0.05, 0) is 56.2 Å². The smallest absolute Gasteiger partial charge is 0.251 e. The van der Waals surface area contributed by atoms with E-state index in [1.807, 2.05) is 20.8 Å². The van der Waals surface area contributed by atoms with Crippen molar-refractivity contribution in [1.29, 1.82) is 0 Å². The number of anilines is 1. The molecule has 0 saturated heterocycles. The number of aryl methyl sites for hydroxylation is 2. The second kappa shape index (κ2) is 7.09. The normalized spacial score (nSPS) is 11.7. The molecule has 0 heterocycles. The summed E-state index contributed by atoms with van der Waals surface area (Å²) in [4.78, 5) is 23.4. The van der Waals surface area contributed by atoms with Gasteiger partial charge in [0.15, 0.2) is 0 Å². The summed E-state index contributed by atoms with van der Waals surface area (Å²) in [6.45, 7) is 7.51. The Balaban J connectivity index is 2.09. The Morgan fingerprint density at radius 1 is 1.00 bits per heavy atom. The lowest BCUT2D eigenvalue weighted by Crippen LogP contribution is -2.27. The molecular weight excluding hydrogens is 288 g/mol. The Hall–Kier alpha value is -2.62. The third-order valence-electron chi connectivity index (χ3n) is 3.72. The van der Waals surface area contributed by atoms with Gasteiger partial charge in [0.1, 0.15) is 0 Å². The molecule has 0 unspecified atom stereocenters. The van der Waals surface area contributed by atoms with Gasteiger partial charge in [0, 0.05) is 18.2 Å². The van der Waals surface area contributed by atoms with Crippen LogP contribution in [0.5, 0.6) is 0 Å². The van der Waals surface area contributed by atoms with Gasteiger partial charge in [-0.25, -0.2) is 0 Å². The van der Waals surface area contributed by atoms with Gasteiger partial charge in [-0.2, -0.15) is 0 Å². The van der Waals surface area contributed by atoms with Crippen molar-refractivity contribution >= 4 is 17.5 Å². The highest BCUT2D eigenvalue weighted by atomic mass is 16.2. The average Bonchev–Trinajstić information content (AvgIpc) is 2.49. The van der Waals surface area contributed by atoms with E-state index in [1.165, 1.54) is 12.5 Å². The summed E-state index contributed by atoms with van der Waals surface area (Å²) in [5.74, 6) is -0.265. The zero-order valence-electron chi connectivity index (χ0n) is 13.9. The lowest BCUT2D eigenvalue weighted by atomic mass is 9.99. The predicted molar refractivity (Wildman–Crippen MR) is 92.5 cm³/mol. The van der Waals surface area contributed by atoms with E-state index in [1.54, 1.807) is 24.3 Å². The van der Waals surface area contributed by atoms with Crippen LogP contribution in [0.2, 0.25) is 0 Å². The van der Waals surface area contributed by atoms with Crippen LogP contribution < -0.4 is 10.6 Å². The van der Waals surface area contributed by atoms with Crippen molar-refractivity contribution in [3.05, 3.63) is 64.7 Å². The van der Waals surface area contributed by atoms with Crippen molar-refractivity contribution in [2.24, 2.45) is 0 Å². The maximum atomic E-state index is 12.4. The molecule has 1 atom stereocenters. The fourth-order valence-electron chi connectivity index (χ4n) is 2.49. The number of nitrogens with one attached hydrogen (secondary N) is 2. The van der Waals surface area contributed by atoms with Crippen molar-refractivity contribution in [2.45, 2.75) is 33.7 Å². The van der Waals surface area contributed by atoms with E-state index in [0.29, 0.717) is 11.3 Å². The van der Waals surface area contributed by atoms with Crippen LogP contribution in [0.25, 0.3) is 0 Å². The number of carbonyl (C=O) groups excluding carboxylic acids is 2. The van der Waals surface area contributed by atoms with Crippen LogP contribution in [0.15, 0.2) is 42.5 Å². The summed E-state index contributed by atoms with van der Waals surface area (Å²) in [7, 11) is 0. The molecule has 2 rings (SSSR count). The minimum absolute atomic E-state index is 0.0718. The van der Waals surface area contributed by atoms with E-state index in [9.17, 15) is 9.59 Å². The molecule has 2 amide bonds. The van der Waals surface area contributed by atoms with E-state index in [4.69, 9.17) is 0 Å². The Kier molecular flexibility index (Phi) is 5.16. The Morgan fingerprint density at radius 3 is 2.26 bits per heavy atom. The quantitative estimate of drug-likeness (QED) is 0.903. The molecule has 0 spiro atoms. The highest BCUT2D eigenvalue weighted by Crippen LogP contribution is 2.19. The lowest BCUT2D eigenvalue weighted by molar-refractivity contribution is -0.114. The van der Waals surface area contributed by atoms with Gasteiger partial charge in [-0.1, -0.05) is 23.8 Å². The van der Waals surface area contributed by atoms with Crippen LogP contribution in [-0.4, -0.2) is 11.8 Å². The standard InChI is InChI=1S/C19H22N2O2/c1-12-5-6-13(2)18(11-12)14(3)20-19(23)16-7-9-17(10-8-16)21-15(4)22/h5-11,14H,1-4H3,(H,20,23)(H,21,22)/t14-/m1/s1. The molecule has 23 heavy (non-hydrogen) atoms. The summed E-state index contributed by atoms with van der Waals surface area (Å²) >= 11 is 0. The second-order valence-corrected chi connectivity index (χ2v) is 5.81. The van der Waals surface area contributed by atoms with Gasteiger partial charge in [0.05, 0.1) is 6.04 Å². The van der Waals surface area contributed by atoms with Crippen LogP contribution in [0.4, 0.5) is 5.69 Å².